The summed E-state index contributed by atoms with van der Waals surface area (Å²) in [5.74, 6) is -0.780. The van der Waals surface area contributed by atoms with E-state index in [0.29, 0.717) is 12.2 Å². The molecule has 0 aromatic carbocycles. The number of nitriles is 1. The lowest BCUT2D eigenvalue weighted by atomic mass is 10.1. The Balaban J connectivity index is 2.36. The summed E-state index contributed by atoms with van der Waals surface area (Å²) in [5.41, 5.74) is 6.29. The first-order valence-electron chi connectivity index (χ1n) is 7.26. The number of carbonyl (C=O) groups excluding carboxylic acids is 1. The van der Waals surface area contributed by atoms with Gasteiger partial charge in [0.1, 0.15) is 33.2 Å². The number of ketones is 1. The molecule has 9 heteroatoms. The van der Waals surface area contributed by atoms with Crippen molar-refractivity contribution in [1.29, 1.82) is 5.26 Å². The zero-order valence-electron chi connectivity index (χ0n) is 13.4. The predicted molar refractivity (Wildman–Crippen MR) is 99.2 cm³/mol. The van der Waals surface area contributed by atoms with Crippen molar-refractivity contribution >= 4 is 45.5 Å². The smallest absolute Gasteiger partial charge is 0.326 e. The molecule has 4 N–H and O–H groups in total. The van der Waals surface area contributed by atoms with E-state index in [-0.39, 0.29) is 26.8 Å². The van der Waals surface area contributed by atoms with Gasteiger partial charge in [0.05, 0.1) is 5.69 Å². The maximum Gasteiger partial charge on any atom is 0.326 e. The fraction of sp³-hybridized carbons (Fsp3) is 0.250. The van der Waals surface area contributed by atoms with Gasteiger partial charge in [-0.25, -0.2) is 4.79 Å². The summed E-state index contributed by atoms with van der Waals surface area (Å²) < 4.78 is 0. The third-order valence-electron chi connectivity index (χ3n) is 3.37. The molecule has 2 aromatic heterocycles. The Labute approximate surface area is 152 Å². The van der Waals surface area contributed by atoms with Gasteiger partial charge in [0, 0.05) is 6.20 Å². The van der Waals surface area contributed by atoms with Crippen molar-refractivity contribution in [2.24, 2.45) is 0 Å². The second-order valence-corrected chi connectivity index (χ2v) is 7.03. The van der Waals surface area contributed by atoms with E-state index in [1.807, 2.05) is 12.3 Å². The quantitative estimate of drug-likeness (QED) is 0.599. The van der Waals surface area contributed by atoms with Gasteiger partial charge in [-0.15, -0.1) is 11.3 Å². The lowest BCUT2D eigenvalue weighted by Gasteiger charge is -2.13. The molecule has 0 aliphatic rings. The molecule has 130 valence electrons. The third kappa shape index (κ3) is 4.29. The average molecular weight is 376 g/mol. The highest BCUT2D eigenvalue weighted by atomic mass is 32.2. The van der Waals surface area contributed by atoms with Crippen LogP contribution in [0.15, 0.2) is 24.4 Å². The second kappa shape index (κ2) is 8.50. The number of thioether (sulfide) groups is 1. The molecule has 0 aliphatic heterocycles. The normalized spacial score (nSPS) is 11.5. The van der Waals surface area contributed by atoms with Crippen LogP contribution in [0.4, 0.5) is 10.7 Å². The number of anilines is 2. The third-order valence-corrected chi connectivity index (χ3v) is 5.15. The number of aromatic nitrogens is 1. The molecule has 0 radical (unpaired) electrons. The van der Waals surface area contributed by atoms with E-state index >= 15 is 0 Å². The van der Waals surface area contributed by atoms with Crippen LogP contribution in [0.1, 0.15) is 27.3 Å². The molecule has 0 saturated heterocycles. The van der Waals surface area contributed by atoms with Crippen molar-refractivity contribution in [1.82, 2.24) is 4.98 Å². The van der Waals surface area contributed by atoms with E-state index in [9.17, 15) is 20.0 Å². The molecular formula is C16H16N4O3S2. The lowest BCUT2D eigenvalue weighted by molar-refractivity contribution is -0.137. The van der Waals surface area contributed by atoms with E-state index in [1.54, 1.807) is 18.2 Å². The number of rotatable bonds is 8. The van der Waals surface area contributed by atoms with Gasteiger partial charge in [-0.3, -0.25) is 9.78 Å². The van der Waals surface area contributed by atoms with Crippen LogP contribution in [0.25, 0.3) is 0 Å². The van der Waals surface area contributed by atoms with Crippen LogP contribution >= 0.6 is 23.1 Å². The maximum atomic E-state index is 12.6. The molecule has 1 atom stereocenters. The van der Waals surface area contributed by atoms with Crippen LogP contribution < -0.4 is 11.1 Å². The molecular weight excluding hydrogens is 360 g/mol. The van der Waals surface area contributed by atoms with Gasteiger partial charge in [0.25, 0.3) is 0 Å². The van der Waals surface area contributed by atoms with E-state index in [0.717, 1.165) is 11.3 Å². The molecule has 2 rings (SSSR count). The summed E-state index contributed by atoms with van der Waals surface area (Å²) in [6.45, 7) is 0. The van der Waals surface area contributed by atoms with E-state index in [1.165, 1.54) is 18.0 Å². The van der Waals surface area contributed by atoms with Crippen LogP contribution in [0.5, 0.6) is 0 Å². The van der Waals surface area contributed by atoms with Gasteiger partial charge in [0.2, 0.25) is 5.78 Å². The fourth-order valence-corrected chi connectivity index (χ4v) is 3.63. The largest absolute Gasteiger partial charge is 0.480 e. The minimum Gasteiger partial charge on any atom is -0.480 e. The van der Waals surface area contributed by atoms with Crippen molar-refractivity contribution in [3.63, 3.8) is 0 Å². The molecule has 2 aromatic rings. The summed E-state index contributed by atoms with van der Waals surface area (Å²) in [4.78, 5) is 28.1. The van der Waals surface area contributed by atoms with Crippen LogP contribution in [-0.2, 0) is 4.79 Å². The number of carbonyl (C=O) groups is 2. The minimum atomic E-state index is -1.03. The molecule has 2 heterocycles. The monoisotopic (exact) mass is 376 g/mol. The number of carboxylic acid groups (broad SMARTS) is 1. The number of hydrogen-bond donors (Lipinski definition) is 3. The number of carboxylic acids is 1. The number of aliphatic carboxylic acids is 1. The summed E-state index contributed by atoms with van der Waals surface area (Å²) in [6, 6.07) is 6.00. The Morgan fingerprint density at radius 1 is 1.52 bits per heavy atom. The van der Waals surface area contributed by atoms with Crippen LogP contribution in [0, 0.1) is 11.3 Å². The number of nitrogens with two attached hydrogens (primary N) is 1. The molecule has 0 fully saturated rings. The van der Waals surface area contributed by atoms with Gasteiger partial charge >= 0.3 is 5.97 Å². The van der Waals surface area contributed by atoms with E-state index in [2.05, 4.69) is 10.3 Å². The SMILES string of the molecule is CSCCC(Nc1sc(C(=O)c2ccccn2)c(N)c1C#N)C(=O)O. The minimum absolute atomic E-state index is 0.0414. The number of nitrogens with zero attached hydrogens (tertiary/aromatic N) is 2. The second-order valence-electron chi connectivity index (χ2n) is 5.02. The molecule has 1 unspecified atom stereocenters. The summed E-state index contributed by atoms with van der Waals surface area (Å²) in [6.07, 6.45) is 3.75. The number of pyridine rings is 1. The Morgan fingerprint density at radius 3 is 2.84 bits per heavy atom. The lowest BCUT2D eigenvalue weighted by Crippen LogP contribution is -2.29. The van der Waals surface area contributed by atoms with E-state index in [4.69, 9.17) is 5.73 Å². The highest BCUT2D eigenvalue weighted by Crippen LogP contribution is 2.37. The molecule has 0 spiro atoms. The zero-order valence-corrected chi connectivity index (χ0v) is 15.0. The van der Waals surface area contributed by atoms with Crippen molar-refractivity contribution in [2.45, 2.75) is 12.5 Å². The molecule has 0 saturated carbocycles. The molecule has 0 bridgehead atoms. The van der Waals surface area contributed by atoms with Crippen LogP contribution in [-0.4, -0.2) is 39.9 Å². The maximum absolute atomic E-state index is 12.6. The van der Waals surface area contributed by atoms with Crippen molar-refractivity contribution in [2.75, 3.05) is 23.1 Å². The van der Waals surface area contributed by atoms with Crippen LogP contribution in [0.2, 0.25) is 0 Å². The first kappa shape index (κ1) is 18.8. The first-order valence-corrected chi connectivity index (χ1v) is 9.47. The molecule has 7 nitrogen and oxygen atoms in total. The highest BCUT2D eigenvalue weighted by Gasteiger charge is 2.26. The number of thiophene rings is 1. The summed E-state index contributed by atoms with van der Waals surface area (Å²) in [7, 11) is 0. The van der Waals surface area contributed by atoms with Gasteiger partial charge in [0.15, 0.2) is 0 Å². The van der Waals surface area contributed by atoms with Gasteiger partial charge in [-0.1, -0.05) is 6.07 Å². The van der Waals surface area contributed by atoms with Crippen molar-refractivity contribution in [3.05, 3.63) is 40.5 Å². The Hall–Kier alpha value is -2.57. The van der Waals surface area contributed by atoms with Gasteiger partial charge in [-0.05, 0) is 30.6 Å². The molecule has 0 aliphatic carbocycles. The summed E-state index contributed by atoms with van der Waals surface area (Å²) >= 11 is 2.50. The standard InChI is InChI=1S/C16H16N4O3S2/c1-24-7-5-11(16(22)23)20-15-9(8-17)12(18)14(25-15)13(21)10-4-2-3-6-19-10/h2-4,6,11,20H,5,7,18H2,1H3,(H,22,23). The fourth-order valence-electron chi connectivity index (χ4n) is 2.09. The molecule has 0 amide bonds. The first-order chi connectivity index (χ1) is 12.0. The Morgan fingerprint density at radius 2 is 2.28 bits per heavy atom. The molecule has 25 heavy (non-hydrogen) atoms. The summed E-state index contributed by atoms with van der Waals surface area (Å²) in [5, 5.41) is 21.8. The Bertz CT molecular complexity index is 815. The van der Waals surface area contributed by atoms with Gasteiger partial charge < -0.3 is 16.2 Å². The van der Waals surface area contributed by atoms with Crippen LogP contribution in [0.3, 0.4) is 0 Å². The predicted octanol–water partition coefficient (Wildman–Crippen LogP) is 2.45. The van der Waals surface area contributed by atoms with Gasteiger partial charge in [-0.2, -0.15) is 17.0 Å². The number of hydrogen-bond acceptors (Lipinski definition) is 8. The number of nitrogen functional groups attached to an aromatic ring is 1. The number of nitrogens with one attached hydrogen (secondary N) is 1. The Kier molecular flexibility index (Phi) is 6.38. The average Bonchev–Trinajstić information content (AvgIpc) is 2.93. The highest BCUT2D eigenvalue weighted by molar-refractivity contribution is 7.98. The zero-order chi connectivity index (χ0) is 18.4. The van der Waals surface area contributed by atoms with E-state index < -0.39 is 17.8 Å². The topological polar surface area (TPSA) is 129 Å². The van der Waals surface area contributed by atoms with Crippen molar-refractivity contribution < 1.29 is 14.7 Å². The van der Waals surface area contributed by atoms with Crippen molar-refractivity contribution in [3.8, 4) is 6.07 Å².